The fourth-order valence-corrected chi connectivity index (χ4v) is 2.82. The minimum atomic E-state index is 0.771. The number of hydrogen-bond donors (Lipinski definition) is 1. The Balaban J connectivity index is 1.86. The third kappa shape index (κ3) is 4.57. The number of halogens is 1. The highest BCUT2D eigenvalue weighted by atomic mass is 35.5. The maximum atomic E-state index is 5.99. The number of nitrogens with zero attached hydrogens (tertiary/aromatic N) is 2. The molecule has 4 heteroatoms. The molecule has 1 fully saturated rings. The minimum absolute atomic E-state index is 0.771. The molecular weight excluding hydrogens is 306 g/mol. The van der Waals surface area contributed by atoms with Crippen LogP contribution < -0.4 is 5.32 Å². The van der Waals surface area contributed by atoms with Crippen LogP contribution in [0.5, 0.6) is 0 Å². The lowest BCUT2D eigenvalue weighted by Gasteiger charge is -2.30. The molecule has 0 amide bonds. The van der Waals surface area contributed by atoms with Crippen LogP contribution >= 0.6 is 11.6 Å². The van der Waals surface area contributed by atoms with Gasteiger partial charge in [0.1, 0.15) is 5.84 Å². The van der Waals surface area contributed by atoms with E-state index in [1.807, 2.05) is 12.1 Å². The summed E-state index contributed by atoms with van der Waals surface area (Å²) in [7, 11) is 0. The normalized spacial score (nSPS) is 15.7. The molecule has 1 heterocycles. The Morgan fingerprint density at radius 3 is 2.35 bits per heavy atom. The maximum Gasteiger partial charge on any atom is 0.109 e. The molecule has 0 saturated carbocycles. The number of hydrogen-bond acceptors (Lipinski definition) is 2. The zero-order valence-corrected chi connectivity index (χ0v) is 14.2. The molecular formula is C19H22ClN3. The second kappa shape index (κ2) is 7.62. The Labute approximate surface area is 143 Å². The van der Waals surface area contributed by atoms with Crippen molar-refractivity contribution in [1.82, 2.24) is 10.2 Å². The van der Waals surface area contributed by atoms with Crippen LogP contribution in [-0.2, 0) is 6.42 Å². The van der Waals surface area contributed by atoms with Crippen LogP contribution in [0, 0.1) is 6.92 Å². The van der Waals surface area contributed by atoms with E-state index in [4.69, 9.17) is 16.6 Å². The van der Waals surface area contributed by atoms with Gasteiger partial charge in [-0.25, -0.2) is 4.99 Å². The van der Waals surface area contributed by atoms with Crippen molar-refractivity contribution >= 4 is 23.1 Å². The fourth-order valence-electron chi connectivity index (χ4n) is 2.70. The first-order chi connectivity index (χ1) is 11.2. The van der Waals surface area contributed by atoms with Crippen LogP contribution in [0.4, 0.5) is 5.69 Å². The Bertz CT molecular complexity index is 656. The highest BCUT2D eigenvalue weighted by molar-refractivity contribution is 6.30. The molecule has 0 bridgehead atoms. The lowest BCUT2D eigenvalue weighted by atomic mass is 10.1. The highest BCUT2D eigenvalue weighted by Crippen LogP contribution is 2.17. The van der Waals surface area contributed by atoms with Gasteiger partial charge in [0.25, 0.3) is 0 Å². The van der Waals surface area contributed by atoms with E-state index in [0.29, 0.717) is 0 Å². The van der Waals surface area contributed by atoms with E-state index in [-0.39, 0.29) is 0 Å². The van der Waals surface area contributed by atoms with Gasteiger partial charge in [-0.15, -0.1) is 0 Å². The molecule has 1 saturated heterocycles. The molecule has 23 heavy (non-hydrogen) atoms. The van der Waals surface area contributed by atoms with E-state index in [1.54, 1.807) is 0 Å². The molecule has 0 aromatic heterocycles. The van der Waals surface area contributed by atoms with E-state index >= 15 is 0 Å². The van der Waals surface area contributed by atoms with Crippen LogP contribution in [0.3, 0.4) is 0 Å². The summed E-state index contributed by atoms with van der Waals surface area (Å²) in [6.07, 6.45) is 0.824. The Morgan fingerprint density at radius 1 is 1.04 bits per heavy atom. The number of aryl methyl sites for hydroxylation is 1. The molecule has 1 aliphatic heterocycles. The molecule has 0 aliphatic carbocycles. The van der Waals surface area contributed by atoms with E-state index in [1.165, 1.54) is 11.1 Å². The summed E-state index contributed by atoms with van der Waals surface area (Å²) >= 11 is 5.99. The standard InChI is InChI=1S/C19H22ClN3/c1-15-2-8-18(9-3-15)22-19(23-12-10-21-11-13-23)14-16-4-6-17(20)7-5-16/h2-9,21H,10-14H2,1H3. The molecule has 0 unspecified atom stereocenters. The topological polar surface area (TPSA) is 27.6 Å². The number of aliphatic imine (C=N–C) groups is 1. The van der Waals surface area contributed by atoms with E-state index in [2.05, 4.69) is 53.5 Å². The van der Waals surface area contributed by atoms with Gasteiger partial charge in [0.2, 0.25) is 0 Å². The molecule has 2 aromatic carbocycles. The molecule has 1 aliphatic rings. The lowest BCUT2D eigenvalue weighted by molar-refractivity contribution is 0.353. The van der Waals surface area contributed by atoms with Crippen molar-refractivity contribution in [1.29, 1.82) is 0 Å². The zero-order chi connectivity index (χ0) is 16.1. The highest BCUT2D eigenvalue weighted by Gasteiger charge is 2.15. The van der Waals surface area contributed by atoms with Gasteiger partial charge in [-0.1, -0.05) is 41.4 Å². The third-order valence-corrected chi connectivity index (χ3v) is 4.30. The summed E-state index contributed by atoms with van der Waals surface area (Å²) in [6, 6.07) is 16.4. The molecule has 0 radical (unpaired) electrons. The summed E-state index contributed by atoms with van der Waals surface area (Å²) in [5, 5.41) is 4.17. The number of amidine groups is 1. The van der Waals surface area contributed by atoms with Crippen LogP contribution in [0.2, 0.25) is 5.02 Å². The quantitative estimate of drug-likeness (QED) is 0.685. The zero-order valence-electron chi connectivity index (χ0n) is 13.4. The van der Waals surface area contributed by atoms with Gasteiger partial charge in [0.05, 0.1) is 5.69 Å². The van der Waals surface area contributed by atoms with Crippen LogP contribution in [-0.4, -0.2) is 36.9 Å². The molecule has 1 N–H and O–H groups in total. The first-order valence-electron chi connectivity index (χ1n) is 8.05. The number of piperazine rings is 1. The Hall–Kier alpha value is -1.84. The first-order valence-corrected chi connectivity index (χ1v) is 8.43. The minimum Gasteiger partial charge on any atom is -0.357 e. The number of nitrogens with one attached hydrogen (secondary N) is 1. The van der Waals surface area contributed by atoms with Crippen molar-refractivity contribution in [3.8, 4) is 0 Å². The summed E-state index contributed by atoms with van der Waals surface area (Å²) in [6.45, 7) is 6.11. The second-order valence-corrected chi connectivity index (χ2v) is 6.34. The maximum absolute atomic E-state index is 5.99. The lowest BCUT2D eigenvalue weighted by Crippen LogP contribution is -2.47. The van der Waals surface area contributed by atoms with Gasteiger partial charge in [-0.2, -0.15) is 0 Å². The number of rotatable bonds is 3. The van der Waals surface area contributed by atoms with Gasteiger partial charge in [-0.05, 0) is 36.8 Å². The molecule has 2 aromatic rings. The monoisotopic (exact) mass is 327 g/mol. The molecule has 0 atom stereocenters. The van der Waals surface area contributed by atoms with Crippen LogP contribution in [0.1, 0.15) is 11.1 Å². The molecule has 0 spiro atoms. The van der Waals surface area contributed by atoms with Gasteiger partial charge < -0.3 is 10.2 Å². The third-order valence-electron chi connectivity index (χ3n) is 4.05. The van der Waals surface area contributed by atoms with Crippen LogP contribution in [0.15, 0.2) is 53.5 Å². The average molecular weight is 328 g/mol. The van der Waals surface area contributed by atoms with Crippen LogP contribution in [0.25, 0.3) is 0 Å². The summed E-state index contributed by atoms with van der Waals surface area (Å²) in [4.78, 5) is 7.30. The summed E-state index contributed by atoms with van der Waals surface area (Å²) < 4.78 is 0. The first kappa shape index (κ1) is 16.0. The smallest absolute Gasteiger partial charge is 0.109 e. The Kier molecular flexibility index (Phi) is 5.31. The fraction of sp³-hybridized carbons (Fsp3) is 0.316. The van der Waals surface area contributed by atoms with Crippen molar-refractivity contribution < 1.29 is 0 Å². The summed E-state index contributed by atoms with van der Waals surface area (Å²) in [5.74, 6) is 1.12. The van der Waals surface area contributed by atoms with Crippen molar-refractivity contribution in [2.45, 2.75) is 13.3 Å². The van der Waals surface area contributed by atoms with Crippen molar-refractivity contribution in [3.63, 3.8) is 0 Å². The van der Waals surface area contributed by atoms with Gasteiger partial charge in [0, 0.05) is 37.6 Å². The van der Waals surface area contributed by atoms with Gasteiger partial charge in [0.15, 0.2) is 0 Å². The van der Waals surface area contributed by atoms with Crippen molar-refractivity contribution in [3.05, 3.63) is 64.7 Å². The van der Waals surface area contributed by atoms with Crippen molar-refractivity contribution in [2.24, 2.45) is 4.99 Å². The van der Waals surface area contributed by atoms with E-state index < -0.39 is 0 Å². The largest absolute Gasteiger partial charge is 0.357 e. The molecule has 3 nitrogen and oxygen atoms in total. The summed E-state index contributed by atoms with van der Waals surface area (Å²) in [5.41, 5.74) is 3.50. The average Bonchev–Trinajstić information content (AvgIpc) is 2.59. The SMILES string of the molecule is Cc1ccc(N=C(Cc2ccc(Cl)cc2)N2CCNCC2)cc1. The second-order valence-electron chi connectivity index (χ2n) is 5.90. The van der Waals surface area contributed by atoms with E-state index in [9.17, 15) is 0 Å². The Morgan fingerprint density at radius 2 is 1.70 bits per heavy atom. The van der Waals surface area contributed by atoms with E-state index in [0.717, 1.165) is 49.1 Å². The van der Waals surface area contributed by atoms with Gasteiger partial charge in [-0.3, -0.25) is 0 Å². The number of benzene rings is 2. The predicted molar refractivity (Wildman–Crippen MR) is 97.9 cm³/mol. The van der Waals surface area contributed by atoms with Crippen molar-refractivity contribution in [2.75, 3.05) is 26.2 Å². The molecule has 3 rings (SSSR count). The predicted octanol–water partition coefficient (Wildman–Crippen LogP) is 3.83. The molecule has 120 valence electrons. The van der Waals surface area contributed by atoms with Gasteiger partial charge >= 0.3 is 0 Å².